The van der Waals surface area contributed by atoms with Gasteiger partial charge >= 0.3 is 0 Å². The van der Waals surface area contributed by atoms with Crippen molar-refractivity contribution in [1.82, 2.24) is 19.8 Å². The summed E-state index contributed by atoms with van der Waals surface area (Å²) in [6.07, 6.45) is 0. The summed E-state index contributed by atoms with van der Waals surface area (Å²) in [5, 5.41) is 17.3. The lowest BCUT2D eigenvalue weighted by Crippen LogP contribution is -2.10. The lowest BCUT2D eigenvalue weighted by atomic mass is 10.2. The monoisotopic (exact) mass is 382 g/mol. The molecule has 2 heterocycles. The van der Waals surface area contributed by atoms with Crippen molar-refractivity contribution in [3.8, 4) is 5.75 Å². The van der Waals surface area contributed by atoms with E-state index in [4.69, 9.17) is 9.84 Å². The number of nitrogens with zero attached hydrogens (tertiary/aromatic N) is 3. The maximum Gasteiger partial charge on any atom is 0.281 e. The van der Waals surface area contributed by atoms with E-state index in [9.17, 15) is 4.79 Å². The second-order valence-corrected chi connectivity index (χ2v) is 7.25. The number of rotatable bonds is 5. The molecule has 0 aliphatic carbocycles. The summed E-state index contributed by atoms with van der Waals surface area (Å²) < 4.78 is 7.13. The zero-order valence-corrected chi connectivity index (χ0v) is 15.7. The van der Waals surface area contributed by atoms with E-state index in [0.29, 0.717) is 27.3 Å². The number of fused-ring (bicyclic) bond motifs is 3. The lowest BCUT2D eigenvalue weighted by molar-refractivity contribution is 0.201. The number of H-pyrrole nitrogens is 1. The molecule has 0 aliphatic rings. The Hall–Kier alpha value is -2.84. The van der Waals surface area contributed by atoms with Crippen molar-refractivity contribution in [3.63, 3.8) is 0 Å². The second kappa shape index (κ2) is 7.05. The molecule has 4 aromatic rings. The number of hydrogen-bond acceptors (Lipinski definition) is 6. The third-order valence-electron chi connectivity index (χ3n) is 4.20. The van der Waals surface area contributed by atoms with Crippen molar-refractivity contribution < 1.29 is 9.84 Å². The van der Waals surface area contributed by atoms with Crippen LogP contribution in [0.3, 0.4) is 0 Å². The third kappa shape index (κ3) is 3.29. The van der Waals surface area contributed by atoms with Gasteiger partial charge in [-0.3, -0.25) is 4.79 Å². The first-order chi connectivity index (χ1) is 13.1. The summed E-state index contributed by atoms with van der Waals surface area (Å²) in [4.78, 5) is 17.7. The summed E-state index contributed by atoms with van der Waals surface area (Å²) in [5.41, 5.74) is 3.11. The van der Waals surface area contributed by atoms with Crippen molar-refractivity contribution in [2.45, 2.75) is 23.8 Å². The fraction of sp³-hybridized carbons (Fsp3) is 0.211. The molecule has 27 heavy (non-hydrogen) atoms. The second-order valence-electron chi connectivity index (χ2n) is 6.21. The van der Waals surface area contributed by atoms with Crippen molar-refractivity contribution in [1.29, 1.82) is 0 Å². The van der Waals surface area contributed by atoms with Crippen LogP contribution in [0.5, 0.6) is 5.75 Å². The van der Waals surface area contributed by atoms with E-state index < -0.39 is 0 Å². The molecule has 0 amide bonds. The number of aromatic nitrogens is 4. The number of aryl methyl sites for hydroxylation is 2. The highest BCUT2D eigenvalue weighted by molar-refractivity contribution is 7.99. The number of nitrogens with one attached hydrogen (secondary N) is 1. The first-order valence-electron chi connectivity index (χ1n) is 8.46. The van der Waals surface area contributed by atoms with Gasteiger partial charge in [-0.2, -0.15) is 4.98 Å². The van der Waals surface area contributed by atoms with Gasteiger partial charge < -0.3 is 9.84 Å². The predicted octanol–water partition coefficient (Wildman–Crippen LogP) is 2.71. The summed E-state index contributed by atoms with van der Waals surface area (Å²) in [7, 11) is 0. The lowest BCUT2D eigenvalue weighted by Gasteiger charge is -2.07. The minimum atomic E-state index is -0.317. The minimum Gasteiger partial charge on any atom is -0.491 e. The molecule has 0 fully saturated rings. The van der Waals surface area contributed by atoms with Crippen molar-refractivity contribution >= 4 is 28.3 Å². The van der Waals surface area contributed by atoms with Crippen molar-refractivity contribution in [3.05, 3.63) is 57.9 Å². The van der Waals surface area contributed by atoms with E-state index in [1.807, 2.05) is 19.1 Å². The average Bonchev–Trinajstić information content (AvgIpc) is 3.05. The molecule has 0 spiro atoms. The molecule has 0 saturated heterocycles. The average molecular weight is 382 g/mol. The van der Waals surface area contributed by atoms with Gasteiger partial charge in [0, 0.05) is 11.0 Å². The Balaban J connectivity index is 1.83. The van der Waals surface area contributed by atoms with Crippen molar-refractivity contribution in [2.75, 3.05) is 13.2 Å². The van der Waals surface area contributed by atoms with E-state index >= 15 is 0 Å². The first kappa shape index (κ1) is 17.6. The molecule has 0 aliphatic heterocycles. The fourth-order valence-electron chi connectivity index (χ4n) is 2.93. The Morgan fingerprint density at radius 1 is 1.22 bits per heavy atom. The number of hydrogen-bond donors (Lipinski definition) is 2. The topological polar surface area (TPSA) is 92.5 Å². The van der Waals surface area contributed by atoms with Crippen molar-refractivity contribution in [2.24, 2.45) is 0 Å². The van der Waals surface area contributed by atoms with E-state index in [0.717, 1.165) is 10.5 Å². The number of aromatic amines is 1. The molecule has 0 unspecified atom stereocenters. The van der Waals surface area contributed by atoms with E-state index in [1.54, 1.807) is 22.7 Å². The highest BCUT2D eigenvalue weighted by Crippen LogP contribution is 2.32. The Labute approximate surface area is 159 Å². The zero-order valence-electron chi connectivity index (χ0n) is 14.9. The summed E-state index contributed by atoms with van der Waals surface area (Å²) >= 11 is 1.47. The maximum absolute atomic E-state index is 12.5. The quantitative estimate of drug-likeness (QED) is 0.551. The molecular formula is C19H18N4O3S. The van der Waals surface area contributed by atoms with Crippen LogP contribution in [0.15, 0.2) is 51.1 Å². The molecule has 138 valence electrons. The molecule has 2 aromatic carbocycles. The Morgan fingerprint density at radius 3 is 2.85 bits per heavy atom. The summed E-state index contributed by atoms with van der Waals surface area (Å²) in [6.45, 7) is 4.20. The zero-order chi connectivity index (χ0) is 19.0. The van der Waals surface area contributed by atoms with Gasteiger partial charge in [-0.15, -0.1) is 5.10 Å². The highest BCUT2D eigenvalue weighted by Gasteiger charge is 2.15. The van der Waals surface area contributed by atoms with Crippen LogP contribution in [-0.4, -0.2) is 38.1 Å². The molecule has 0 bridgehead atoms. The molecule has 2 aromatic heterocycles. The fourth-order valence-corrected chi connectivity index (χ4v) is 3.81. The predicted molar refractivity (Wildman–Crippen MR) is 104 cm³/mol. The third-order valence-corrected chi connectivity index (χ3v) is 5.34. The molecular weight excluding hydrogens is 364 g/mol. The van der Waals surface area contributed by atoms with Gasteiger partial charge in [-0.1, -0.05) is 29.5 Å². The SMILES string of the molecule is Cc1ccc(Sc2n[nH]n3c2nc(=O)c2ccc(OCCO)cc23)c(C)c1. The van der Waals surface area contributed by atoms with Crippen LogP contribution in [0.25, 0.3) is 16.6 Å². The molecule has 7 nitrogen and oxygen atoms in total. The Kier molecular flexibility index (Phi) is 4.59. The van der Waals surface area contributed by atoms with Crippen LogP contribution < -0.4 is 10.3 Å². The number of benzene rings is 2. The van der Waals surface area contributed by atoms with Gasteiger partial charge in [-0.05, 0) is 37.6 Å². The number of ether oxygens (including phenoxy) is 1. The standard InChI is InChI=1S/C19H18N4O3S/c1-11-3-6-16(12(2)9-11)27-19-17-20-18(25)14-5-4-13(26-8-7-24)10-15(14)23(17)22-21-19/h3-6,9-10,22,24H,7-8H2,1-2H3. The molecule has 0 radical (unpaired) electrons. The molecule has 4 rings (SSSR count). The highest BCUT2D eigenvalue weighted by atomic mass is 32.2. The minimum absolute atomic E-state index is 0.0789. The van der Waals surface area contributed by atoms with Crippen LogP contribution in [0.2, 0.25) is 0 Å². The largest absolute Gasteiger partial charge is 0.491 e. The van der Waals surface area contributed by atoms with Crippen LogP contribution in [-0.2, 0) is 0 Å². The van der Waals surface area contributed by atoms with Gasteiger partial charge in [0.05, 0.1) is 17.5 Å². The maximum atomic E-state index is 12.5. The van der Waals surface area contributed by atoms with Crippen LogP contribution >= 0.6 is 11.8 Å². The Bertz CT molecular complexity index is 1200. The van der Waals surface area contributed by atoms with E-state index in [1.165, 1.54) is 17.3 Å². The Morgan fingerprint density at radius 2 is 2.07 bits per heavy atom. The van der Waals surface area contributed by atoms with Crippen LogP contribution in [0, 0.1) is 13.8 Å². The molecule has 8 heteroatoms. The van der Waals surface area contributed by atoms with E-state index in [2.05, 4.69) is 28.3 Å². The summed E-state index contributed by atoms with van der Waals surface area (Å²) in [6, 6.07) is 11.3. The van der Waals surface area contributed by atoms with E-state index in [-0.39, 0.29) is 18.8 Å². The molecule has 2 N–H and O–H groups in total. The smallest absolute Gasteiger partial charge is 0.281 e. The van der Waals surface area contributed by atoms with Gasteiger partial charge in [0.15, 0.2) is 10.7 Å². The van der Waals surface area contributed by atoms with Gasteiger partial charge in [0.1, 0.15) is 12.4 Å². The normalized spacial score (nSPS) is 11.4. The number of aliphatic hydroxyl groups is 1. The molecule has 0 saturated carbocycles. The number of aliphatic hydroxyl groups excluding tert-OH is 1. The van der Waals surface area contributed by atoms with Gasteiger partial charge in [0.2, 0.25) is 0 Å². The van der Waals surface area contributed by atoms with Crippen LogP contribution in [0.1, 0.15) is 11.1 Å². The molecule has 0 atom stereocenters. The first-order valence-corrected chi connectivity index (χ1v) is 9.28. The van der Waals surface area contributed by atoms with Gasteiger partial charge in [-0.25, -0.2) is 9.73 Å². The van der Waals surface area contributed by atoms with Crippen LogP contribution in [0.4, 0.5) is 0 Å². The summed E-state index contributed by atoms with van der Waals surface area (Å²) in [5.74, 6) is 0.564. The van der Waals surface area contributed by atoms with Gasteiger partial charge in [0.25, 0.3) is 5.56 Å².